The van der Waals surface area contributed by atoms with Crippen molar-refractivity contribution in [1.82, 2.24) is 10.2 Å². The molecule has 84 valence electrons. The fraction of sp³-hybridized carbons (Fsp3) is 0.625. The Bertz CT molecular complexity index is 329. The summed E-state index contributed by atoms with van der Waals surface area (Å²) in [7, 11) is 1.57. The molecule has 7 heteroatoms. The first kappa shape index (κ1) is 11.9. The van der Waals surface area contributed by atoms with Gasteiger partial charge in [0.1, 0.15) is 11.6 Å². The molecule has 1 rings (SSSR count). The largest absolute Gasteiger partial charge is 0.480 e. The minimum atomic E-state index is -0.890. The molecule has 0 bridgehead atoms. The van der Waals surface area contributed by atoms with Gasteiger partial charge in [-0.2, -0.15) is 0 Å². The Balaban J connectivity index is 2.66. The van der Waals surface area contributed by atoms with E-state index in [-0.39, 0.29) is 6.54 Å². The van der Waals surface area contributed by atoms with Crippen LogP contribution in [0.2, 0.25) is 0 Å². The molecule has 0 aliphatic carbocycles. The molecule has 0 aromatic carbocycles. The van der Waals surface area contributed by atoms with Gasteiger partial charge in [0.15, 0.2) is 0 Å². The molecule has 1 aromatic heterocycles. The first-order chi connectivity index (χ1) is 7.13. The molecule has 0 atom stereocenters. The lowest BCUT2D eigenvalue weighted by atomic mass is 10.5. The first-order valence-electron chi connectivity index (χ1n) is 4.39. The van der Waals surface area contributed by atoms with Crippen molar-refractivity contribution in [2.75, 3.05) is 31.7 Å². The van der Waals surface area contributed by atoms with Gasteiger partial charge in [-0.25, -0.2) is 0 Å². The molecule has 0 aliphatic rings. The summed E-state index contributed by atoms with van der Waals surface area (Å²) < 4.78 is 4.90. The summed E-state index contributed by atoms with van der Waals surface area (Å²) in [5.41, 5.74) is 0. The number of methoxy groups -OCH3 is 1. The zero-order chi connectivity index (χ0) is 11.3. The van der Waals surface area contributed by atoms with E-state index >= 15 is 0 Å². The Morgan fingerprint density at radius 1 is 1.60 bits per heavy atom. The second-order valence-electron chi connectivity index (χ2n) is 2.91. The van der Waals surface area contributed by atoms with Crippen LogP contribution in [-0.2, 0) is 9.53 Å². The van der Waals surface area contributed by atoms with Crippen molar-refractivity contribution in [2.24, 2.45) is 0 Å². The van der Waals surface area contributed by atoms with Gasteiger partial charge in [-0.05, 0) is 6.92 Å². The lowest BCUT2D eigenvalue weighted by Gasteiger charge is -2.17. The minimum Gasteiger partial charge on any atom is -0.480 e. The number of hydrogen-bond acceptors (Lipinski definition) is 6. The highest BCUT2D eigenvalue weighted by Gasteiger charge is 2.14. The van der Waals surface area contributed by atoms with E-state index in [9.17, 15) is 4.79 Å². The molecule has 1 N–H and O–H groups in total. The average molecular weight is 231 g/mol. The summed E-state index contributed by atoms with van der Waals surface area (Å²) in [5.74, 6) is -0.890. The fourth-order valence-corrected chi connectivity index (χ4v) is 1.73. The molecule has 0 amide bonds. The van der Waals surface area contributed by atoms with Crippen molar-refractivity contribution in [3.8, 4) is 0 Å². The van der Waals surface area contributed by atoms with Crippen LogP contribution in [0.4, 0.5) is 5.13 Å². The van der Waals surface area contributed by atoms with Gasteiger partial charge in [0.05, 0.1) is 6.61 Å². The number of carbonyl (C=O) groups is 1. The standard InChI is InChI=1S/C8H13N3O3S/c1-6-9-10-8(15-6)11(3-4-14-2)5-7(12)13/h3-5H2,1-2H3,(H,12,13). The molecule has 0 saturated heterocycles. The van der Waals surface area contributed by atoms with Crippen LogP contribution in [0.25, 0.3) is 0 Å². The zero-order valence-corrected chi connectivity index (χ0v) is 9.45. The monoisotopic (exact) mass is 231 g/mol. The third kappa shape index (κ3) is 3.80. The maximum absolute atomic E-state index is 10.6. The van der Waals surface area contributed by atoms with E-state index in [0.717, 1.165) is 5.01 Å². The Morgan fingerprint density at radius 2 is 2.33 bits per heavy atom. The summed E-state index contributed by atoms with van der Waals surface area (Å²) in [6.07, 6.45) is 0. The second kappa shape index (κ2) is 5.62. The number of carboxylic acids is 1. The van der Waals surface area contributed by atoms with Crippen LogP contribution in [0.5, 0.6) is 0 Å². The van der Waals surface area contributed by atoms with E-state index in [1.165, 1.54) is 11.3 Å². The third-order valence-electron chi connectivity index (χ3n) is 1.68. The van der Waals surface area contributed by atoms with Gasteiger partial charge in [0, 0.05) is 13.7 Å². The highest BCUT2D eigenvalue weighted by Crippen LogP contribution is 2.18. The minimum absolute atomic E-state index is 0.0853. The van der Waals surface area contributed by atoms with Crippen molar-refractivity contribution in [2.45, 2.75) is 6.92 Å². The molecule has 0 unspecified atom stereocenters. The lowest BCUT2D eigenvalue weighted by molar-refractivity contribution is -0.135. The smallest absolute Gasteiger partial charge is 0.323 e. The fourth-order valence-electron chi connectivity index (χ4n) is 1.02. The number of aliphatic carboxylic acids is 1. The summed E-state index contributed by atoms with van der Waals surface area (Å²) in [5, 5.41) is 17.9. The van der Waals surface area contributed by atoms with E-state index in [0.29, 0.717) is 18.3 Å². The van der Waals surface area contributed by atoms with Gasteiger partial charge in [0.2, 0.25) is 5.13 Å². The van der Waals surface area contributed by atoms with Crippen molar-refractivity contribution in [3.63, 3.8) is 0 Å². The Kier molecular flexibility index (Phi) is 4.44. The Morgan fingerprint density at radius 3 is 2.80 bits per heavy atom. The van der Waals surface area contributed by atoms with Crippen LogP contribution in [0.15, 0.2) is 0 Å². The molecular formula is C8H13N3O3S. The molecule has 1 aromatic rings. The van der Waals surface area contributed by atoms with Crippen molar-refractivity contribution in [3.05, 3.63) is 5.01 Å². The zero-order valence-electron chi connectivity index (χ0n) is 8.63. The van der Waals surface area contributed by atoms with E-state index < -0.39 is 5.97 Å². The van der Waals surface area contributed by atoms with Gasteiger partial charge in [0.25, 0.3) is 0 Å². The number of hydrogen-bond donors (Lipinski definition) is 1. The van der Waals surface area contributed by atoms with Crippen LogP contribution in [0.3, 0.4) is 0 Å². The van der Waals surface area contributed by atoms with Crippen molar-refractivity contribution >= 4 is 22.4 Å². The maximum Gasteiger partial charge on any atom is 0.323 e. The number of aromatic nitrogens is 2. The lowest BCUT2D eigenvalue weighted by Crippen LogP contribution is -2.32. The Hall–Kier alpha value is -1.21. The van der Waals surface area contributed by atoms with Gasteiger partial charge in [-0.1, -0.05) is 11.3 Å². The number of nitrogens with zero attached hydrogens (tertiary/aromatic N) is 3. The average Bonchev–Trinajstić information content (AvgIpc) is 2.58. The molecule has 0 spiro atoms. The van der Waals surface area contributed by atoms with E-state index in [1.807, 2.05) is 6.92 Å². The van der Waals surface area contributed by atoms with E-state index in [1.54, 1.807) is 12.0 Å². The maximum atomic E-state index is 10.6. The summed E-state index contributed by atoms with van der Waals surface area (Å²) >= 11 is 1.37. The molecule has 6 nitrogen and oxygen atoms in total. The number of aryl methyl sites for hydroxylation is 1. The van der Waals surface area contributed by atoms with E-state index in [2.05, 4.69) is 10.2 Å². The topological polar surface area (TPSA) is 75.5 Å². The molecule has 1 heterocycles. The number of ether oxygens (including phenoxy) is 1. The molecule has 15 heavy (non-hydrogen) atoms. The van der Waals surface area contributed by atoms with Gasteiger partial charge >= 0.3 is 5.97 Å². The first-order valence-corrected chi connectivity index (χ1v) is 5.21. The van der Waals surface area contributed by atoms with Crippen molar-refractivity contribution < 1.29 is 14.6 Å². The van der Waals surface area contributed by atoms with Gasteiger partial charge < -0.3 is 14.7 Å². The summed E-state index contributed by atoms with van der Waals surface area (Å²) in [6, 6.07) is 0. The normalized spacial score (nSPS) is 10.3. The van der Waals surface area contributed by atoms with E-state index in [4.69, 9.17) is 9.84 Å². The quantitative estimate of drug-likeness (QED) is 0.763. The van der Waals surface area contributed by atoms with Crippen molar-refractivity contribution in [1.29, 1.82) is 0 Å². The number of carboxylic acid groups (broad SMARTS) is 1. The second-order valence-corrected chi connectivity index (χ2v) is 4.07. The SMILES string of the molecule is COCCN(CC(=O)O)c1nnc(C)s1. The highest BCUT2D eigenvalue weighted by atomic mass is 32.1. The molecule has 0 saturated carbocycles. The summed E-state index contributed by atoms with van der Waals surface area (Å²) in [6.45, 7) is 2.71. The van der Waals surface area contributed by atoms with Crippen LogP contribution < -0.4 is 4.90 Å². The summed E-state index contributed by atoms with van der Waals surface area (Å²) in [4.78, 5) is 12.3. The van der Waals surface area contributed by atoms with Crippen LogP contribution in [0.1, 0.15) is 5.01 Å². The highest BCUT2D eigenvalue weighted by molar-refractivity contribution is 7.15. The van der Waals surface area contributed by atoms with Crippen LogP contribution in [0, 0.1) is 6.92 Å². The molecule has 0 radical (unpaired) electrons. The third-order valence-corrected chi connectivity index (χ3v) is 2.58. The van der Waals surface area contributed by atoms with Gasteiger partial charge in [-0.15, -0.1) is 10.2 Å². The molecular weight excluding hydrogens is 218 g/mol. The number of rotatable bonds is 6. The molecule has 0 aliphatic heterocycles. The number of anilines is 1. The van der Waals surface area contributed by atoms with Crippen LogP contribution in [-0.4, -0.2) is 48.1 Å². The predicted molar refractivity (Wildman–Crippen MR) is 56.4 cm³/mol. The van der Waals surface area contributed by atoms with Gasteiger partial charge in [-0.3, -0.25) is 4.79 Å². The predicted octanol–water partition coefficient (Wildman–Crippen LogP) is 0.384. The molecule has 0 fully saturated rings. The van der Waals surface area contributed by atoms with Crippen LogP contribution >= 0.6 is 11.3 Å². The Labute approximate surface area is 91.5 Å².